The Morgan fingerprint density at radius 3 is 2.42 bits per heavy atom. The summed E-state index contributed by atoms with van der Waals surface area (Å²) in [7, 11) is 0. The smallest absolute Gasteiger partial charge is 0.196 e. The number of Topliss-reactive ketones (excluding diaryl/α,β-unsaturated/α-hetero) is 1. The Morgan fingerprint density at radius 1 is 1.00 bits per heavy atom. The summed E-state index contributed by atoms with van der Waals surface area (Å²) in [6.45, 7) is 0. The molecule has 152 valence electrons. The lowest BCUT2D eigenvalue weighted by Crippen LogP contribution is -2.05. The molecule has 31 heavy (non-hydrogen) atoms. The van der Waals surface area contributed by atoms with Crippen LogP contribution in [-0.4, -0.2) is 31.3 Å². The summed E-state index contributed by atoms with van der Waals surface area (Å²) in [4.78, 5) is 16.7. The van der Waals surface area contributed by atoms with Crippen LogP contribution in [0.25, 0.3) is 17.1 Å². The van der Waals surface area contributed by atoms with Gasteiger partial charge in [0.05, 0.1) is 33.1 Å². The molecule has 9 heteroatoms. The molecule has 2 heterocycles. The summed E-state index contributed by atoms with van der Waals surface area (Å²) in [6.07, 6.45) is 3.34. The topological polar surface area (TPSA) is 84.5 Å². The zero-order valence-corrected chi connectivity index (χ0v) is 18.2. The maximum Gasteiger partial charge on any atom is 0.196 e. The predicted molar refractivity (Wildman–Crippen MR) is 121 cm³/mol. The number of hydrogen-bond donors (Lipinski definition) is 0. The Labute approximate surface area is 192 Å². The highest BCUT2D eigenvalue weighted by Crippen LogP contribution is 2.31. The van der Waals surface area contributed by atoms with Crippen molar-refractivity contribution in [2.75, 3.05) is 5.75 Å². The van der Waals surface area contributed by atoms with Crippen molar-refractivity contribution in [2.24, 2.45) is 0 Å². The van der Waals surface area contributed by atoms with Gasteiger partial charge in [-0.25, -0.2) is 0 Å². The number of aromatic nitrogens is 4. The fraction of sp³-hybridized carbons (Fsp3) is 0.0455. The van der Waals surface area contributed by atoms with Crippen LogP contribution in [0.15, 0.2) is 72.1 Å². The molecule has 0 aliphatic rings. The highest BCUT2D eigenvalue weighted by Gasteiger charge is 2.18. The minimum absolute atomic E-state index is 0.0800. The molecular weight excluding hydrogens is 453 g/mol. The predicted octanol–water partition coefficient (Wildman–Crippen LogP) is 5.48. The molecular formula is C22H13Cl2N5OS. The van der Waals surface area contributed by atoms with E-state index in [0.29, 0.717) is 32.2 Å². The fourth-order valence-electron chi connectivity index (χ4n) is 2.85. The van der Waals surface area contributed by atoms with Crippen LogP contribution in [0.3, 0.4) is 0 Å². The molecule has 0 aliphatic carbocycles. The second-order valence-corrected chi connectivity index (χ2v) is 8.13. The minimum Gasteiger partial charge on any atom is -0.293 e. The third-order valence-electron chi connectivity index (χ3n) is 4.40. The van der Waals surface area contributed by atoms with E-state index in [4.69, 9.17) is 28.5 Å². The number of nitrogens with zero attached hydrogens (tertiary/aromatic N) is 5. The van der Waals surface area contributed by atoms with Gasteiger partial charge in [-0.2, -0.15) is 5.26 Å². The van der Waals surface area contributed by atoms with Crippen molar-refractivity contribution >= 4 is 40.7 Å². The molecule has 4 rings (SSSR count). The van der Waals surface area contributed by atoms with E-state index in [0.717, 1.165) is 11.3 Å². The van der Waals surface area contributed by atoms with Gasteiger partial charge in [0.25, 0.3) is 0 Å². The molecule has 0 spiro atoms. The normalized spacial score (nSPS) is 10.6. The molecule has 2 aromatic carbocycles. The molecule has 0 saturated carbocycles. The monoisotopic (exact) mass is 465 g/mol. The maximum atomic E-state index is 12.6. The van der Waals surface area contributed by atoms with E-state index in [2.05, 4.69) is 15.2 Å². The Bertz CT molecular complexity index is 1280. The lowest BCUT2D eigenvalue weighted by atomic mass is 10.1. The van der Waals surface area contributed by atoms with Crippen LogP contribution >= 0.6 is 35.0 Å². The van der Waals surface area contributed by atoms with Crippen LogP contribution in [0.5, 0.6) is 0 Å². The van der Waals surface area contributed by atoms with Gasteiger partial charge in [0.15, 0.2) is 16.8 Å². The summed E-state index contributed by atoms with van der Waals surface area (Å²) in [6, 6.07) is 17.5. The van der Waals surface area contributed by atoms with Crippen LogP contribution in [0.1, 0.15) is 15.9 Å². The van der Waals surface area contributed by atoms with Crippen molar-refractivity contribution in [2.45, 2.75) is 5.16 Å². The molecule has 0 atom stereocenters. The number of nitriles is 1. The average Bonchev–Trinajstić information content (AvgIpc) is 3.24. The van der Waals surface area contributed by atoms with Gasteiger partial charge in [0, 0.05) is 23.5 Å². The lowest BCUT2D eigenvalue weighted by Gasteiger charge is -2.11. The van der Waals surface area contributed by atoms with Crippen molar-refractivity contribution < 1.29 is 4.79 Å². The number of benzene rings is 2. The van der Waals surface area contributed by atoms with Crippen LogP contribution in [-0.2, 0) is 0 Å². The first-order valence-corrected chi connectivity index (χ1v) is 10.8. The zero-order valence-electron chi connectivity index (χ0n) is 15.9. The van der Waals surface area contributed by atoms with E-state index in [1.54, 1.807) is 48.8 Å². The maximum absolute atomic E-state index is 12.6. The van der Waals surface area contributed by atoms with Crippen molar-refractivity contribution in [3.63, 3.8) is 0 Å². The molecule has 0 unspecified atom stereocenters. The Kier molecular flexibility index (Phi) is 6.33. The Morgan fingerprint density at radius 2 is 1.74 bits per heavy atom. The Balaban J connectivity index is 1.67. The molecule has 0 bridgehead atoms. The standard InChI is InChI=1S/C22H13Cl2N5OS/c23-18-6-5-17(11-19(18)24)29-21(16-7-9-26-10-8-16)27-28-22(29)31-13-20(30)15-3-1-14(12-25)2-4-15/h1-11H,13H2. The second kappa shape index (κ2) is 9.31. The largest absolute Gasteiger partial charge is 0.293 e. The van der Waals surface area contributed by atoms with Crippen molar-refractivity contribution in [1.82, 2.24) is 19.7 Å². The van der Waals surface area contributed by atoms with Gasteiger partial charge in [-0.05, 0) is 42.5 Å². The molecule has 4 aromatic rings. The SMILES string of the molecule is N#Cc1ccc(C(=O)CSc2nnc(-c3ccncc3)n2-c2ccc(Cl)c(Cl)c2)cc1. The summed E-state index contributed by atoms with van der Waals surface area (Å²) in [5.41, 5.74) is 2.57. The summed E-state index contributed by atoms with van der Waals surface area (Å²) < 4.78 is 1.83. The third kappa shape index (κ3) is 4.62. The number of carbonyl (C=O) groups excluding carboxylic acids is 1. The van der Waals surface area contributed by atoms with Crippen LogP contribution < -0.4 is 0 Å². The quantitative estimate of drug-likeness (QED) is 0.276. The molecule has 0 amide bonds. The average molecular weight is 466 g/mol. The number of rotatable bonds is 6. The second-order valence-electron chi connectivity index (χ2n) is 6.38. The van der Waals surface area contributed by atoms with E-state index in [1.807, 2.05) is 28.8 Å². The summed E-state index contributed by atoms with van der Waals surface area (Å²) >= 11 is 13.6. The number of hydrogen-bond acceptors (Lipinski definition) is 6. The lowest BCUT2D eigenvalue weighted by molar-refractivity contribution is 0.102. The molecule has 0 radical (unpaired) electrons. The van der Waals surface area contributed by atoms with Gasteiger partial charge in [0.1, 0.15) is 0 Å². The van der Waals surface area contributed by atoms with Gasteiger partial charge in [-0.3, -0.25) is 14.3 Å². The molecule has 0 N–H and O–H groups in total. The third-order valence-corrected chi connectivity index (χ3v) is 6.07. The summed E-state index contributed by atoms with van der Waals surface area (Å²) in [5.74, 6) is 0.666. The molecule has 0 saturated heterocycles. The van der Waals surface area contributed by atoms with E-state index in [9.17, 15) is 4.79 Å². The number of thioether (sulfide) groups is 1. The van der Waals surface area contributed by atoms with E-state index >= 15 is 0 Å². The van der Waals surface area contributed by atoms with Crippen molar-refractivity contribution in [3.8, 4) is 23.1 Å². The number of carbonyl (C=O) groups is 1. The van der Waals surface area contributed by atoms with Crippen molar-refractivity contribution in [1.29, 1.82) is 5.26 Å². The summed E-state index contributed by atoms with van der Waals surface area (Å²) in [5, 5.41) is 18.9. The fourth-order valence-corrected chi connectivity index (χ4v) is 3.99. The van der Waals surface area contributed by atoms with Gasteiger partial charge < -0.3 is 0 Å². The van der Waals surface area contributed by atoms with E-state index in [-0.39, 0.29) is 11.5 Å². The molecule has 6 nitrogen and oxygen atoms in total. The highest BCUT2D eigenvalue weighted by atomic mass is 35.5. The van der Waals surface area contributed by atoms with Gasteiger partial charge in [0.2, 0.25) is 0 Å². The molecule has 2 aromatic heterocycles. The first-order valence-electron chi connectivity index (χ1n) is 9.04. The van der Waals surface area contributed by atoms with Gasteiger partial charge in [-0.1, -0.05) is 47.1 Å². The van der Waals surface area contributed by atoms with Crippen molar-refractivity contribution in [3.05, 3.63) is 88.2 Å². The molecule has 0 fully saturated rings. The van der Waals surface area contributed by atoms with Crippen LogP contribution in [0.4, 0.5) is 0 Å². The molecule has 0 aliphatic heterocycles. The van der Waals surface area contributed by atoms with Gasteiger partial charge >= 0.3 is 0 Å². The van der Waals surface area contributed by atoms with Crippen LogP contribution in [0.2, 0.25) is 10.0 Å². The van der Waals surface area contributed by atoms with Gasteiger partial charge in [-0.15, -0.1) is 10.2 Å². The van der Waals surface area contributed by atoms with Crippen LogP contribution in [0, 0.1) is 11.3 Å². The number of ketones is 1. The minimum atomic E-state index is -0.0800. The Hall–Kier alpha value is -3.18. The first kappa shape index (κ1) is 21.1. The number of pyridine rings is 1. The first-order chi connectivity index (χ1) is 15.1. The number of halogens is 2. The van der Waals surface area contributed by atoms with E-state index in [1.165, 1.54) is 11.8 Å². The highest BCUT2D eigenvalue weighted by molar-refractivity contribution is 7.99. The van der Waals surface area contributed by atoms with E-state index < -0.39 is 0 Å². The zero-order chi connectivity index (χ0) is 21.8.